The summed E-state index contributed by atoms with van der Waals surface area (Å²) in [6, 6.07) is 5.70. The van der Waals surface area contributed by atoms with E-state index in [1.54, 1.807) is 41.3 Å². The van der Waals surface area contributed by atoms with Gasteiger partial charge in [0.05, 0.1) is 16.6 Å². The van der Waals surface area contributed by atoms with E-state index in [1.165, 1.54) is 12.1 Å². The van der Waals surface area contributed by atoms with Crippen LogP contribution in [-0.2, 0) is 9.59 Å². The second-order valence-electron chi connectivity index (χ2n) is 7.42. The minimum absolute atomic E-state index is 0.00387. The van der Waals surface area contributed by atoms with E-state index in [1.807, 2.05) is 0 Å². The van der Waals surface area contributed by atoms with Gasteiger partial charge in [-0.1, -0.05) is 18.2 Å². The number of hydrogen-bond donors (Lipinski definition) is 0. The number of amides is 4. The number of non-ortho nitro benzene ring substituents is 1. The van der Waals surface area contributed by atoms with Crippen molar-refractivity contribution in [3.8, 4) is 0 Å². The Balaban J connectivity index is 1.29. The molecule has 1 aromatic rings. The highest BCUT2D eigenvalue weighted by Crippen LogP contribution is 2.22. The molecule has 160 valence electrons. The predicted octanol–water partition coefficient (Wildman–Crippen LogP) is 1.78. The van der Waals surface area contributed by atoms with Crippen molar-refractivity contribution in [1.82, 2.24) is 9.80 Å². The molecule has 0 spiro atoms. The minimum Gasteiger partial charge on any atom is -0.368 e. The summed E-state index contributed by atoms with van der Waals surface area (Å²) in [6.45, 7) is 2.19. The number of imide groups is 1. The predicted molar refractivity (Wildman–Crippen MR) is 113 cm³/mol. The number of nitro groups is 1. The van der Waals surface area contributed by atoms with E-state index in [9.17, 15) is 24.5 Å². The quantitative estimate of drug-likeness (QED) is 0.526. The molecule has 31 heavy (non-hydrogen) atoms. The number of aliphatic imine (C=N–C) groups is 1. The SMILES string of the molecule is O=C(CCN1C(=O)N=C2C=CC=CC2C1=O)N1CCN(c2ccc([N+](=O)[O-])cc2)CC1. The van der Waals surface area contributed by atoms with Crippen molar-refractivity contribution in [2.24, 2.45) is 10.9 Å². The molecule has 10 heteroatoms. The molecule has 4 rings (SSSR count). The molecular formula is C21H21N5O5. The highest BCUT2D eigenvalue weighted by molar-refractivity contribution is 6.21. The molecule has 2 aliphatic heterocycles. The first-order chi connectivity index (χ1) is 14.9. The molecule has 0 N–H and O–H groups in total. The van der Waals surface area contributed by atoms with Crippen LogP contribution in [0.5, 0.6) is 0 Å². The Morgan fingerprint density at radius 1 is 1.10 bits per heavy atom. The molecule has 1 aromatic carbocycles. The van der Waals surface area contributed by atoms with E-state index >= 15 is 0 Å². The summed E-state index contributed by atoms with van der Waals surface area (Å²) in [4.78, 5) is 56.5. The maximum Gasteiger partial charge on any atom is 0.350 e. The normalized spacial score (nSPS) is 20.6. The van der Waals surface area contributed by atoms with E-state index in [0.717, 1.165) is 10.6 Å². The highest BCUT2D eigenvalue weighted by Gasteiger charge is 2.36. The number of anilines is 1. The van der Waals surface area contributed by atoms with Crippen molar-refractivity contribution >= 4 is 34.9 Å². The Morgan fingerprint density at radius 3 is 2.48 bits per heavy atom. The van der Waals surface area contributed by atoms with Crippen molar-refractivity contribution in [2.75, 3.05) is 37.6 Å². The van der Waals surface area contributed by atoms with Crippen LogP contribution < -0.4 is 4.90 Å². The van der Waals surface area contributed by atoms with Crippen molar-refractivity contribution < 1.29 is 19.3 Å². The molecule has 3 aliphatic rings. The van der Waals surface area contributed by atoms with Gasteiger partial charge in [0.25, 0.3) is 5.69 Å². The second-order valence-corrected chi connectivity index (χ2v) is 7.42. The zero-order chi connectivity index (χ0) is 22.0. The number of fused-ring (bicyclic) bond motifs is 1. The van der Waals surface area contributed by atoms with Crippen molar-refractivity contribution in [3.05, 3.63) is 58.7 Å². The number of rotatable bonds is 5. The van der Waals surface area contributed by atoms with E-state index in [0.29, 0.717) is 31.9 Å². The third kappa shape index (κ3) is 4.23. The van der Waals surface area contributed by atoms with Crippen LogP contribution in [0, 0.1) is 16.0 Å². The molecule has 1 atom stereocenters. The first kappa shape index (κ1) is 20.5. The number of piperazine rings is 1. The van der Waals surface area contributed by atoms with Gasteiger partial charge in [0.15, 0.2) is 0 Å². The molecule has 1 fully saturated rings. The van der Waals surface area contributed by atoms with E-state index in [4.69, 9.17) is 0 Å². The van der Waals surface area contributed by atoms with Gasteiger partial charge in [-0.05, 0) is 18.2 Å². The molecule has 0 bridgehead atoms. The van der Waals surface area contributed by atoms with Gasteiger partial charge in [-0.3, -0.25) is 24.6 Å². The number of allylic oxidation sites excluding steroid dienone is 3. The van der Waals surface area contributed by atoms with Crippen molar-refractivity contribution in [2.45, 2.75) is 6.42 Å². The number of nitro benzene ring substituents is 1. The van der Waals surface area contributed by atoms with Crippen LogP contribution in [0.2, 0.25) is 0 Å². The molecule has 0 aromatic heterocycles. The van der Waals surface area contributed by atoms with Gasteiger partial charge in [-0.15, -0.1) is 0 Å². The molecular weight excluding hydrogens is 402 g/mol. The number of benzene rings is 1. The summed E-state index contributed by atoms with van der Waals surface area (Å²) in [6.07, 6.45) is 6.86. The van der Waals surface area contributed by atoms with Gasteiger partial charge < -0.3 is 9.80 Å². The van der Waals surface area contributed by atoms with Gasteiger partial charge in [0, 0.05) is 57.0 Å². The van der Waals surface area contributed by atoms with Crippen LogP contribution in [0.15, 0.2) is 53.6 Å². The minimum atomic E-state index is -0.632. The van der Waals surface area contributed by atoms with Crippen LogP contribution in [0.25, 0.3) is 0 Å². The van der Waals surface area contributed by atoms with Crippen molar-refractivity contribution in [1.29, 1.82) is 0 Å². The molecule has 1 saturated heterocycles. The Morgan fingerprint density at radius 2 is 1.81 bits per heavy atom. The third-order valence-electron chi connectivity index (χ3n) is 5.60. The zero-order valence-electron chi connectivity index (χ0n) is 16.7. The summed E-state index contributed by atoms with van der Waals surface area (Å²) < 4.78 is 0. The zero-order valence-corrected chi connectivity index (χ0v) is 16.7. The molecule has 2 heterocycles. The third-order valence-corrected chi connectivity index (χ3v) is 5.60. The summed E-state index contributed by atoms with van der Waals surface area (Å²) in [5.41, 5.74) is 1.34. The summed E-state index contributed by atoms with van der Waals surface area (Å²) >= 11 is 0. The average Bonchev–Trinajstić information content (AvgIpc) is 2.79. The molecule has 4 amide bonds. The lowest BCUT2D eigenvalue weighted by Gasteiger charge is -2.36. The lowest BCUT2D eigenvalue weighted by molar-refractivity contribution is -0.384. The molecule has 0 radical (unpaired) electrons. The van der Waals surface area contributed by atoms with Crippen LogP contribution in [0.3, 0.4) is 0 Å². The number of carbonyl (C=O) groups excluding carboxylic acids is 3. The van der Waals surface area contributed by atoms with Gasteiger partial charge in [-0.25, -0.2) is 4.79 Å². The fourth-order valence-corrected chi connectivity index (χ4v) is 3.85. The first-order valence-electron chi connectivity index (χ1n) is 10.00. The van der Waals surface area contributed by atoms with Crippen LogP contribution >= 0.6 is 0 Å². The lowest BCUT2D eigenvalue weighted by atomic mass is 9.95. The van der Waals surface area contributed by atoms with Gasteiger partial charge in [-0.2, -0.15) is 4.99 Å². The largest absolute Gasteiger partial charge is 0.368 e. The number of nitrogens with zero attached hydrogens (tertiary/aromatic N) is 5. The van der Waals surface area contributed by atoms with Gasteiger partial charge in [0.2, 0.25) is 11.8 Å². The van der Waals surface area contributed by atoms with Crippen molar-refractivity contribution in [3.63, 3.8) is 0 Å². The molecule has 0 saturated carbocycles. The summed E-state index contributed by atoms with van der Waals surface area (Å²) in [5.74, 6) is -1.05. The Bertz CT molecular complexity index is 1010. The van der Waals surface area contributed by atoms with E-state index < -0.39 is 16.9 Å². The van der Waals surface area contributed by atoms with Crippen LogP contribution in [-0.4, -0.2) is 71.0 Å². The maximum absolute atomic E-state index is 12.6. The van der Waals surface area contributed by atoms with Gasteiger partial charge >= 0.3 is 6.03 Å². The van der Waals surface area contributed by atoms with Crippen LogP contribution in [0.1, 0.15) is 6.42 Å². The summed E-state index contributed by atoms with van der Waals surface area (Å²) in [7, 11) is 0. The fraction of sp³-hybridized carbons (Fsp3) is 0.333. The molecule has 1 unspecified atom stereocenters. The van der Waals surface area contributed by atoms with E-state index in [2.05, 4.69) is 9.89 Å². The van der Waals surface area contributed by atoms with E-state index in [-0.39, 0.29) is 30.5 Å². The lowest BCUT2D eigenvalue weighted by Crippen LogP contribution is -2.50. The Labute approximate surface area is 178 Å². The average molecular weight is 423 g/mol. The molecule has 10 nitrogen and oxygen atoms in total. The molecule has 1 aliphatic carbocycles. The monoisotopic (exact) mass is 423 g/mol. The summed E-state index contributed by atoms with van der Waals surface area (Å²) in [5, 5.41) is 10.8. The highest BCUT2D eigenvalue weighted by atomic mass is 16.6. The Kier molecular flexibility index (Phi) is 5.61. The Hall–Kier alpha value is -3.82. The topological polar surface area (TPSA) is 116 Å². The van der Waals surface area contributed by atoms with Crippen LogP contribution in [0.4, 0.5) is 16.2 Å². The standard InChI is InChI=1S/C21H21N5O5/c27-19(9-10-25-20(28)17-3-1-2-4-18(17)22-21(25)29)24-13-11-23(12-14-24)15-5-7-16(8-6-15)26(30)31/h1-8,17H,9-14H2. The second kappa shape index (κ2) is 8.50. The fourth-order valence-electron chi connectivity index (χ4n) is 3.85. The number of urea groups is 1. The smallest absolute Gasteiger partial charge is 0.350 e. The van der Waals surface area contributed by atoms with Gasteiger partial charge in [0.1, 0.15) is 0 Å². The maximum atomic E-state index is 12.6. The first-order valence-corrected chi connectivity index (χ1v) is 10.00. The number of hydrogen-bond acceptors (Lipinski definition) is 6. The number of carbonyl (C=O) groups is 3.